The van der Waals surface area contributed by atoms with Gasteiger partial charge in [0.05, 0.1) is 16.3 Å². The van der Waals surface area contributed by atoms with Gasteiger partial charge >= 0.3 is 6.09 Å². The molecule has 38 heavy (non-hydrogen) atoms. The summed E-state index contributed by atoms with van der Waals surface area (Å²) in [4.78, 5) is 32.5. The van der Waals surface area contributed by atoms with E-state index in [0.717, 1.165) is 6.04 Å². The van der Waals surface area contributed by atoms with Gasteiger partial charge in [-0.05, 0) is 45.2 Å². The van der Waals surface area contributed by atoms with E-state index in [-0.39, 0.29) is 12.4 Å². The Bertz CT molecular complexity index is 1300. The van der Waals surface area contributed by atoms with E-state index in [1.165, 1.54) is 23.9 Å². The molecule has 1 N–H and O–H groups in total. The van der Waals surface area contributed by atoms with Crippen LogP contribution >= 0.6 is 11.8 Å². The first-order valence-electron chi connectivity index (χ1n) is 12.2. The van der Waals surface area contributed by atoms with E-state index in [2.05, 4.69) is 29.9 Å². The van der Waals surface area contributed by atoms with Crippen molar-refractivity contribution >= 4 is 37.4 Å². The van der Waals surface area contributed by atoms with Crippen LogP contribution in [0.5, 0.6) is 0 Å². The van der Waals surface area contributed by atoms with Crippen LogP contribution in [0, 0.1) is 10.1 Å². The van der Waals surface area contributed by atoms with Crippen LogP contribution in [0.4, 0.5) is 16.3 Å². The summed E-state index contributed by atoms with van der Waals surface area (Å²) in [5, 5.41) is 14.8. The number of non-ortho nitro benzene ring substituents is 1. The maximum Gasteiger partial charge on any atom is 0.413 e. The van der Waals surface area contributed by atoms with Gasteiger partial charge < -0.3 is 9.47 Å². The van der Waals surface area contributed by atoms with E-state index in [4.69, 9.17) is 14.5 Å². The molecule has 0 atom stereocenters. The van der Waals surface area contributed by atoms with Gasteiger partial charge in [0.25, 0.3) is 5.69 Å². The Kier molecular flexibility index (Phi) is 9.34. The normalized spacial score (nSPS) is 11.9. The molecule has 2 aromatic heterocycles. The molecule has 0 aliphatic carbocycles. The molecule has 12 heteroatoms. The van der Waals surface area contributed by atoms with Crippen LogP contribution in [0.2, 0.25) is 25.7 Å². The van der Waals surface area contributed by atoms with Crippen molar-refractivity contribution in [2.75, 3.05) is 18.2 Å². The van der Waals surface area contributed by atoms with Gasteiger partial charge in [-0.1, -0.05) is 43.5 Å². The first kappa shape index (κ1) is 29.3. The van der Waals surface area contributed by atoms with Crippen molar-refractivity contribution in [3.05, 3.63) is 52.7 Å². The molecule has 3 rings (SSSR count). The quantitative estimate of drug-likeness (QED) is 0.0939. The van der Waals surface area contributed by atoms with Gasteiger partial charge in [0.2, 0.25) is 0 Å². The number of nitrogens with one attached hydrogen (secondary N) is 1. The molecule has 204 valence electrons. The predicted molar refractivity (Wildman–Crippen MR) is 153 cm³/mol. The summed E-state index contributed by atoms with van der Waals surface area (Å²) in [6, 6.07) is 10.9. The topological polar surface area (TPSA) is 121 Å². The standard InChI is InChI=1S/C26H35N5O5SSi/c1-26(2,3)36-25(32)28-21-16-19(11-12-27-21)23-22(18-9-8-10-20(15-18)31(33)34)29-24(37-4)30(23)17-35-13-14-38(5,6)7/h8-12,15-16H,13-14,17H2,1-7H3,(H,27,28,32). The lowest BCUT2D eigenvalue weighted by molar-refractivity contribution is -0.384. The van der Waals surface area contributed by atoms with E-state index < -0.39 is 24.7 Å². The number of nitrogens with zero attached hydrogens (tertiary/aromatic N) is 4. The molecule has 1 amide bonds. The van der Waals surface area contributed by atoms with Gasteiger partial charge in [0.15, 0.2) is 5.16 Å². The number of hydrogen-bond donors (Lipinski definition) is 1. The van der Waals surface area contributed by atoms with Crippen LogP contribution < -0.4 is 5.32 Å². The molecule has 0 unspecified atom stereocenters. The number of carbonyl (C=O) groups is 1. The average Bonchev–Trinajstić information content (AvgIpc) is 3.18. The van der Waals surface area contributed by atoms with Crippen molar-refractivity contribution in [2.45, 2.75) is 63.9 Å². The number of pyridine rings is 1. The van der Waals surface area contributed by atoms with Crippen LogP contribution in [-0.2, 0) is 16.2 Å². The van der Waals surface area contributed by atoms with Gasteiger partial charge in [0, 0.05) is 44.1 Å². The number of anilines is 1. The zero-order chi connectivity index (χ0) is 28.1. The lowest BCUT2D eigenvalue weighted by atomic mass is 10.0. The van der Waals surface area contributed by atoms with Crippen molar-refractivity contribution in [2.24, 2.45) is 0 Å². The van der Waals surface area contributed by atoms with Crippen LogP contribution in [0.15, 0.2) is 47.8 Å². The SMILES string of the molecule is CSc1nc(-c2cccc([N+](=O)[O-])c2)c(-c2ccnc(NC(=O)OC(C)(C)C)c2)n1COCC[Si](C)(C)C. The van der Waals surface area contributed by atoms with Gasteiger partial charge in [-0.25, -0.2) is 14.8 Å². The second-order valence-corrected chi connectivity index (χ2v) is 17.3. The van der Waals surface area contributed by atoms with E-state index in [9.17, 15) is 14.9 Å². The summed E-state index contributed by atoms with van der Waals surface area (Å²) in [5.74, 6) is 0.305. The molecule has 1 aromatic carbocycles. The highest BCUT2D eigenvalue weighted by atomic mass is 32.2. The Morgan fingerprint density at radius 2 is 1.92 bits per heavy atom. The maximum atomic E-state index is 12.4. The lowest BCUT2D eigenvalue weighted by Gasteiger charge is -2.19. The molecule has 3 aromatic rings. The highest BCUT2D eigenvalue weighted by Gasteiger charge is 2.23. The molecule has 0 fully saturated rings. The maximum absolute atomic E-state index is 12.4. The summed E-state index contributed by atoms with van der Waals surface area (Å²) < 4.78 is 13.4. The molecule has 0 saturated carbocycles. The smallest absolute Gasteiger partial charge is 0.413 e. The zero-order valence-electron chi connectivity index (χ0n) is 22.9. The minimum absolute atomic E-state index is 0.0258. The zero-order valence-corrected chi connectivity index (χ0v) is 24.7. The average molecular weight is 558 g/mol. The number of ether oxygens (including phenoxy) is 2. The molecule has 10 nitrogen and oxygen atoms in total. The molecule has 0 bridgehead atoms. The van der Waals surface area contributed by atoms with Gasteiger partial charge in [0.1, 0.15) is 18.1 Å². The van der Waals surface area contributed by atoms with E-state index >= 15 is 0 Å². The van der Waals surface area contributed by atoms with E-state index in [1.807, 2.05) is 10.8 Å². The third-order valence-corrected chi connectivity index (χ3v) is 7.71. The molecular weight excluding hydrogens is 522 g/mol. The van der Waals surface area contributed by atoms with E-state index in [0.29, 0.717) is 40.1 Å². The fourth-order valence-corrected chi connectivity index (χ4v) is 4.86. The first-order valence-corrected chi connectivity index (χ1v) is 17.1. The largest absolute Gasteiger partial charge is 0.444 e. The van der Waals surface area contributed by atoms with Crippen LogP contribution in [-0.4, -0.2) is 52.1 Å². The van der Waals surface area contributed by atoms with E-state index in [1.54, 1.807) is 51.2 Å². The van der Waals surface area contributed by atoms with Crippen molar-refractivity contribution < 1.29 is 19.2 Å². The second kappa shape index (κ2) is 12.1. The van der Waals surface area contributed by atoms with Crippen LogP contribution in [0.1, 0.15) is 20.8 Å². The monoisotopic (exact) mass is 557 g/mol. The third kappa shape index (κ3) is 8.14. The first-order chi connectivity index (χ1) is 17.8. The van der Waals surface area contributed by atoms with Crippen molar-refractivity contribution in [1.29, 1.82) is 0 Å². The summed E-state index contributed by atoms with van der Waals surface area (Å²) in [7, 11) is -1.28. The van der Waals surface area contributed by atoms with Crippen LogP contribution in [0.25, 0.3) is 22.5 Å². The Morgan fingerprint density at radius 1 is 1.18 bits per heavy atom. The highest BCUT2D eigenvalue weighted by molar-refractivity contribution is 7.98. The number of hydrogen-bond acceptors (Lipinski definition) is 8. The second-order valence-electron chi connectivity index (χ2n) is 10.9. The molecule has 0 radical (unpaired) electrons. The number of imidazole rings is 1. The van der Waals surface area contributed by atoms with Crippen molar-refractivity contribution in [3.8, 4) is 22.5 Å². The van der Waals surface area contributed by atoms with Crippen LogP contribution in [0.3, 0.4) is 0 Å². The fraction of sp³-hybridized carbons (Fsp3) is 0.423. The van der Waals surface area contributed by atoms with Gasteiger partial charge in [-0.3, -0.25) is 20.0 Å². The van der Waals surface area contributed by atoms with Gasteiger partial charge in [-0.15, -0.1) is 0 Å². The third-order valence-electron chi connectivity index (χ3n) is 5.32. The predicted octanol–water partition coefficient (Wildman–Crippen LogP) is 6.90. The summed E-state index contributed by atoms with van der Waals surface area (Å²) in [5.41, 5.74) is 1.91. The molecule has 0 saturated heterocycles. The minimum Gasteiger partial charge on any atom is -0.444 e. The molecule has 0 aliphatic rings. The molecular formula is C26H35N5O5SSi. The summed E-state index contributed by atoms with van der Waals surface area (Å²) in [6.07, 6.45) is 2.89. The Morgan fingerprint density at radius 3 is 2.55 bits per heavy atom. The molecule has 0 aliphatic heterocycles. The number of rotatable bonds is 10. The molecule has 2 heterocycles. The number of carbonyl (C=O) groups excluding carboxylic acids is 1. The summed E-state index contributed by atoms with van der Waals surface area (Å²) in [6.45, 7) is 13.1. The number of nitro groups is 1. The lowest BCUT2D eigenvalue weighted by Crippen LogP contribution is -2.27. The Balaban J connectivity index is 2.08. The fourth-order valence-electron chi connectivity index (χ4n) is 3.56. The Labute approximate surface area is 228 Å². The Hall–Kier alpha value is -3.22. The van der Waals surface area contributed by atoms with Gasteiger partial charge in [-0.2, -0.15) is 0 Å². The number of aromatic nitrogens is 3. The summed E-state index contributed by atoms with van der Waals surface area (Å²) >= 11 is 1.46. The number of amides is 1. The van der Waals surface area contributed by atoms with Crippen molar-refractivity contribution in [3.63, 3.8) is 0 Å². The minimum atomic E-state index is -1.28. The molecule has 0 spiro atoms. The number of benzene rings is 1. The number of nitro benzene ring substituents is 1. The van der Waals surface area contributed by atoms with Crippen molar-refractivity contribution in [1.82, 2.24) is 14.5 Å². The highest BCUT2D eigenvalue weighted by Crippen LogP contribution is 2.37. The number of thioether (sulfide) groups is 1.